The Morgan fingerprint density at radius 1 is 1.23 bits per heavy atom. The van der Waals surface area contributed by atoms with Gasteiger partial charge >= 0.3 is 0 Å². The summed E-state index contributed by atoms with van der Waals surface area (Å²) in [6.45, 7) is 5.58. The third-order valence-electron chi connectivity index (χ3n) is 5.01. The van der Waals surface area contributed by atoms with Crippen molar-refractivity contribution in [3.8, 4) is 0 Å². The second-order valence-electron chi connectivity index (χ2n) is 6.76. The minimum Gasteiger partial charge on any atom is -0.336 e. The molecule has 5 nitrogen and oxygen atoms in total. The van der Waals surface area contributed by atoms with Crippen molar-refractivity contribution in [3.63, 3.8) is 0 Å². The highest BCUT2D eigenvalue weighted by Crippen LogP contribution is 2.20. The first kappa shape index (κ1) is 18.1. The van der Waals surface area contributed by atoms with Crippen LogP contribution in [0.15, 0.2) is 48.8 Å². The summed E-state index contributed by atoms with van der Waals surface area (Å²) in [5.41, 5.74) is 2.64. The molecule has 1 fully saturated rings. The lowest BCUT2D eigenvalue weighted by atomic mass is 10.1. The zero-order valence-corrected chi connectivity index (χ0v) is 15.4. The highest BCUT2D eigenvalue weighted by atomic mass is 16.2. The molecule has 1 aromatic heterocycles. The van der Waals surface area contributed by atoms with Crippen molar-refractivity contribution in [2.45, 2.75) is 39.3 Å². The van der Waals surface area contributed by atoms with Crippen molar-refractivity contribution in [1.29, 1.82) is 0 Å². The van der Waals surface area contributed by atoms with E-state index in [9.17, 15) is 9.59 Å². The molecular formula is C21H25N3O2. The van der Waals surface area contributed by atoms with Crippen LogP contribution < -0.4 is 0 Å². The van der Waals surface area contributed by atoms with Crippen LogP contribution in [-0.2, 0) is 11.3 Å². The fourth-order valence-electron chi connectivity index (χ4n) is 3.41. The van der Waals surface area contributed by atoms with Crippen LogP contribution in [-0.4, -0.2) is 45.7 Å². The molecule has 3 rings (SSSR count). The number of aromatic nitrogens is 1. The molecule has 136 valence electrons. The molecule has 0 radical (unpaired) electrons. The molecule has 0 saturated carbocycles. The van der Waals surface area contributed by atoms with Gasteiger partial charge in [-0.2, -0.15) is 0 Å². The van der Waals surface area contributed by atoms with Gasteiger partial charge in [0.2, 0.25) is 5.91 Å². The zero-order chi connectivity index (χ0) is 18.5. The zero-order valence-electron chi connectivity index (χ0n) is 15.4. The molecule has 2 aromatic rings. The summed E-state index contributed by atoms with van der Waals surface area (Å²) in [6, 6.07) is 11.9. The molecule has 1 saturated heterocycles. The Morgan fingerprint density at radius 2 is 2.00 bits per heavy atom. The summed E-state index contributed by atoms with van der Waals surface area (Å²) < 4.78 is 0. The van der Waals surface area contributed by atoms with Gasteiger partial charge in [-0.1, -0.05) is 37.3 Å². The maximum atomic E-state index is 13.0. The quantitative estimate of drug-likeness (QED) is 0.851. The van der Waals surface area contributed by atoms with Crippen LogP contribution in [0.3, 0.4) is 0 Å². The Kier molecular flexibility index (Phi) is 5.66. The number of hydrogen-bond acceptors (Lipinski definition) is 3. The number of pyridine rings is 1. The molecule has 1 aliphatic rings. The number of amides is 2. The molecule has 2 amide bonds. The van der Waals surface area contributed by atoms with Gasteiger partial charge in [-0.25, -0.2) is 0 Å². The van der Waals surface area contributed by atoms with Gasteiger partial charge in [0.05, 0.1) is 5.56 Å². The molecule has 1 aromatic carbocycles. The molecule has 0 unspecified atom stereocenters. The van der Waals surface area contributed by atoms with Crippen molar-refractivity contribution in [2.24, 2.45) is 0 Å². The standard InChI is InChI=1S/C21H25N3O2/c1-3-18-15-23(21(26)19-13-22-11-9-16(19)2)12-10-20(25)24(18)14-17-7-5-4-6-8-17/h4-9,11,13,18H,3,10,12,14-15H2,1-2H3/t18-/m1/s1. The lowest BCUT2D eigenvalue weighted by molar-refractivity contribution is -0.133. The van der Waals surface area contributed by atoms with E-state index in [0.717, 1.165) is 17.5 Å². The monoisotopic (exact) mass is 351 g/mol. The lowest BCUT2D eigenvalue weighted by Crippen LogP contribution is -2.43. The van der Waals surface area contributed by atoms with Gasteiger partial charge in [0.25, 0.3) is 5.91 Å². The average molecular weight is 351 g/mol. The number of benzene rings is 1. The topological polar surface area (TPSA) is 53.5 Å². The summed E-state index contributed by atoms with van der Waals surface area (Å²) in [7, 11) is 0. The van der Waals surface area contributed by atoms with Gasteiger partial charge in [0, 0.05) is 44.5 Å². The molecule has 2 heterocycles. The van der Waals surface area contributed by atoms with Crippen molar-refractivity contribution in [3.05, 3.63) is 65.5 Å². The average Bonchev–Trinajstić information content (AvgIpc) is 2.82. The van der Waals surface area contributed by atoms with Crippen LogP contribution in [0.1, 0.15) is 41.3 Å². The Bertz CT molecular complexity index is 776. The van der Waals surface area contributed by atoms with Gasteiger partial charge < -0.3 is 9.80 Å². The largest absolute Gasteiger partial charge is 0.336 e. The Hall–Kier alpha value is -2.69. The van der Waals surface area contributed by atoms with Crippen LogP contribution in [0, 0.1) is 6.92 Å². The van der Waals surface area contributed by atoms with E-state index in [1.807, 2.05) is 48.2 Å². The third-order valence-corrected chi connectivity index (χ3v) is 5.01. The fraction of sp³-hybridized carbons (Fsp3) is 0.381. The minimum absolute atomic E-state index is 0.0196. The number of hydrogen-bond donors (Lipinski definition) is 0. The summed E-state index contributed by atoms with van der Waals surface area (Å²) in [4.78, 5) is 33.5. The fourth-order valence-corrected chi connectivity index (χ4v) is 3.41. The van der Waals surface area contributed by atoms with E-state index < -0.39 is 0 Å². The molecule has 0 spiro atoms. The maximum absolute atomic E-state index is 13.0. The van der Waals surface area contributed by atoms with Gasteiger partial charge in [0.15, 0.2) is 0 Å². The lowest BCUT2D eigenvalue weighted by Gasteiger charge is -2.31. The Balaban J connectivity index is 1.80. The van der Waals surface area contributed by atoms with E-state index >= 15 is 0 Å². The van der Waals surface area contributed by atoms with Gasteiger partial charge in [-0.3, -0.25) is 14.6 Å². The minimum atomic E-state index is -0.0385. The number of carbonyl (C=O) groups is 2. The van der Waals surface area contributed by atoms with E-state index in [0.29, 0.717) is 31.6 Å². The van der Waals surface area contributed by atoms with Gasteiger partial charge in [0.1, 0.15) is 0 Å². The first-order valence-corrected chi connectivity index (χ1v) is 9.13. The van der Waals surface area contributed by atoms with Crippen molar-refractivity contribution >= 4 is 11.8 Å². The van der Waals surface area contributed by atoms with E-state index in [1.54, 1.807) is 17.3 Å². The Labute approximate surface area is 154 Å². The molecule has 0 aliphatic carbocycles. The summed E-state index contributed by atoms with van der Waals surface area (Å²) in [6.07, 6.45) is 4.48. The van der Waals surface area contributed by atoms with Gasteiger partial charge in [-0.05, 0) is 30.5 Å². The smallest absolute Gasteiger partial charge is 0.255 e. The van der Waals surface area contributed by atoms with Crippen molar-refractivity contribution < 1.29 is 9.59 Å². The predicted molar refractivity (Wildman–Crippen MR) is 101 cm³/mol. The second-order valence-corrected chi connectivity index (χ2v) is 6.76. The number of aryl methyl sites for hydroxylation is 1. The van der Waals surface area contributed by atoms with Crippen LogP contribution in [0.2, 0.25) is 0 Å². The van der Waals surface area contributed by atoms with E-state index in [4.69, 9.17) is 0 Å². The van der Waals surface area contributed by atoms with Gasteiger partial charge in [-0.15, -0.1) is 0 Å². The van der Waals surface area contributed by atoms with E-state index in [2.05, 4.69) is 11.9 Å². The maximum Gasteiger partial charge on any atom is 0.255 e. The molecule has 0 N–H and O–H groups in total. The van der Waals surface area contributed by atoms with Crippen molar-refractivity contribution in [2.75, 3.05) is 13.1 Å². The summed E-state index contributed by atoms with van der Waals surface area (Å²) in [5.74, 6) is 0.0716. The SMILES string of the molecule is CC[C@@H]1CN(C(=O)c2cnccc2C)CCC(=O)N1Cc1ccccc1. The number of carbonyl (C=O) groups excluding carboxylic acids is 2. The summed E-state index contributed by atoms with van der Waals surface area (Å²) >= 11 is 0. The number of rotatable bonds is 4. The van der Waals surface area contributed by atoms with Crippen LogP contribution in [0.4, 0.5) is 0 Å². The highest BCUT2D eigenvalue weighted by Gasteiger charge is 2.31. The predicted octanol–water partition coefficient (Wildman–Crippen LogP) is 3.04. The first-order valence-electron chi connectivity index (χ1n) is 9.13. The molecule has 5 heteroatoms. The molecule has 1 aliphatic heterocycles. The highest BCUT2D eigenvalue weighted by molar-refractivity contribution is 5.95. The molecule has 26 heavy (non-hydrogen) atoms. The van der Waals surface area contributed by atoms with Crippen LogP contribution in [0.5, 0.6) is 0 Å². The van der Waals surface area contributed by atoms with E-state index in [1.165, 1.54) is 0 Å². The molecular weight excluding hydrogens is 326 g/mol. The Morgan fingerprint density at radius 3 is 2.69 bits per heavy atom. The first-order chi connectivity index (χ1) is 12.6. The second kappa shape index (κ2) is 8.13. The molecule has 0 bridgehead atoms. The normalized spacial score (nSPS) is 17.9. The van der Waals surface area contributed by atoms with Crippen LogP contribution in [0.25, 0.3) is 0 Å². The third kappa shape index (κ3) is 3.93. The van der Waals surface area contributed by atoms with E-state index in [-0.39, 0.29) is 17.9 Å². The molecule has 1 atom stereocenters. The van der Waals surface area contributed by atoms with Crippen LogP contribution >= 0.6 is 0 Å². The summed E-state index contributed by atoms with van der Waals surface area (Å²) in [5, 5.41) is 0. The van der Waals surface area contributed by atoms with Crippen molar-refractivity contribution in [1.82, 2.24) is 14.8 Å². The number of nitrogens with zero attached hydrogens (tertiary/aromatic N) is 3.